The van der Waals surface area contributed by atoms with E-state index in [1.54, 1.807) is 0 Å². The van der Waals surface area contributed by atoms with Crippen molar-refractivity contribution in [1.82, 2.24) is 5.32 Å². The minimum Gasteiger partial charge on any atom is -0.486 e. The van der Waals surface area contributed by atoms with Gasteiger partial charge in [-0.05, 0) is 63.5 Å². The summed E-state index contributed by atoms with van der Waals surface area (Å²) in [7, 11) is 0. The minimum absolute atomic E-state index is 0.0655. The van der Waals surface area contributed by atoms with Gasteiger partial charge in [0.05, 0.1) is 18.1 Å². The zero-order chi connectivity index (χ0) is 20.9. The van der Waals surface area contributed by atoms with E-state index in [2.05, 4.69) is 12.2 Å². The molecule has 1 aromatic carbocycles. The zero-order valence-electron chi connectivity index (χ0n) is 17.7. The lowest BCUT2D eigenvalue weighted by Gasteiger charge is -2.42. The molecule has 2 aromatic rings. The molecule has 2 fully saturated rings. The second-order valence-corrected chi connectivity index (χ2v) is 9.28. The summed E-state index contributed by atoms with van der Waals surface area (Å²) in [4.78, 5) is 26.0. The van der Waals surface area contributed by atoms with Gasteiger partial charge in [-0.15, -0.1) is 0 Å². The van der Waals surface area contributed by atoms with Crippen molar-refractivity contribution in [3.05, 3.63) is 29.0 Å². The van der Waals surface area contributed by atoms with Crippen molar-refractivity contribution in [3.63, 3.8) is 0 Å². The molecule has 6 heteroatoms. The third-order valence-electron chi connectivity index (χ3n) is 7.05. The van der Waals surface area contributed by atoms with Crippen molar-refractivity contribution in [2.75, 3.05) is 13.2 Å². The fourth-order valence-corrected chi connectivity index (χ4v) is 5.21. The summed E-state index contributed by atoms with van der Waals surface area (Å²) < 4.78 is 17.9. The van der Waals surface area contributed by atoms with E-state index in [0.29, 0.717) is 46.7 Å². The van der Waals surface area contributed by atoms with Crippen LogP contribution in [0.1, 0.15) is 78.3 Å². The molecule has 1 amide bonds. The van der Waals surface area contributed by atoms with Crippen molar-refractivity contribution < 1.29 is 23.5 Å². The molecule has 1 aromatic heterocycles. The van der Waals surface area contributed by atoms with Crippen LogP contribution in [-0.4, -0.2) is 36.5 Å². The summed E-state index contributed by atoms with van der Waals surface area (Å²) in [5, 5.41) is 3.62. The first-order chi connectivity index (χ1) is 14.5. The van der Waals surface area contributed by atoms with Gasteiger partial charge in [0.15, 0.2) is 11.5 Å². The Kier molecular flexibility index (Phi) is 4.85. The Morgan fingerprint density at radius 1 is 1.23 bits per heavy atom. The molecule has 0 radical (unpaired) electrons. The summed E-state index contributed by atoms with van der Waals surface area (Å²) in [6, 6.07) is 3.64. The van der Waals surface area contributed by atoms with Crippen molar-refractivity contribution in [2.24, 2.45) is 5.92 Å². The molecule has 6 nitrogen and oxygen atoms in total. The van der Waals surface area contributed by atoms with Crippen LogP contribution in [0, 0.1) is 12.8 Å². The first kappa shape index (κ1) is 19.6. The number of benzene rings is 1. The molecule has 1 N–H and O–H groups in total. The summed E-state index contributed by atoms with van der Waals surface area (Å²) in [6.07, 6.45) is 6.46. The Bertz CT molecular complexity index is 993. The van der Waals surface area contributed by atoms with E-state index in [1.165, 1.54) is 0 Å². The molecular weight excluding hydrogens is 382 g/mol. The zero-order valence-corrected chi connectivity index (χ0v) is 17.7. The summed E-state index contributed by atoms with van der Waals surface area (Å²) in [6.45, 7) is 5.32. The number of furan rings is 1. The number of fused-ring (bicyclic) bond motifs is 3. The third kappa shape index (κ3) is 3.31. The molecule has 1 saturated heterocycles. The number of rotatable bonds is 3. The molecule has 3 heterocycles. The number of amides is 1. The van der Waals surface area contributed by atoms with Gasteiger partial charge in [-0.25, -0.2) is 0 Å². The van der Waals surface area contributed by atoms with E-state index in [1.807, 2.05) is 19.1 Å². The third-order valence-corrected chi connectivity index (χ3v) is 7.05. The fraction of sp³-hybridized carbons (Fsp3) is 0.583. The molecule has 0 unspecified atom stereocenters. The molecule has 1 aliphatic carbocycles. The Hall–Kier alpha value is -2.34. The topological polar surface area (TPSA) is 77.8 Å². The Morgan fingerprint density at radius 3 is 2.77 bits per heavy atom. The average Bonchev–Trinajstić information content (AvgIpc) is 3.37. The average molecular weight is 411 g/mol. The normalized spacial score (nSPS) is 28.5. The highest BCUT2D eigenvalue weighted by Gasteiger charge is 2.43. The van der Waals surface area contributed by atoms with E-state index >= 15 is 0 Å². The smallest absolute Gasteiger partial charge is 0.287 e. The second-order valence-electron chi connectivity index (χ2n) is 9.28. The van der Waals surface area contributed by atoms with E-state index in [9.17, 15) is 9.59 Å². The molecule has 160 valence electrons. The summed E-state index contributed by atoms with van der Waals surface area (Å²) in [5.41, 5.74) is 1.44. The number of nitrogens with one attached hydrogen (secondary N) is 1. The molecule has 1 spiro atoms. The molecule has 5 rings (SSSR count). The highest BCUT2D eigenvalue weighted by atomic mass is 16.5. The highest BCUT2D eigenvalue weighted by molar-refractivity contribution is 6.13. The largest absolute Gasteiger partial charge is 0.486 e. The quantitative estimate of drug-likeness (QED) is 0.801. The number of ketones is 1. The summed E-state index contributed by atoms with van der Waals surface area (Å²) >= 11 is 0. The monoisotopic (exact) mass is 411 g/mol. The molecule has 30 heavy (non-hydrogen) atoms. The number of ether oxygens (including phenoxy) is 2. The Labute approximate surface area is 176 Å². The second kappa shape index (κ2) is 7.41. The lowest BCUT2D eigenvalue weighted by Crippen LogP contribution is -2.44. The van der Waals surface area contributed by atoms with E-state index in [-0.39, 0.29) is 29.2 Å². The van der Waals surface area contributed by atoms with Crippen LogP contribution in [0.5, 0.6) is 5.75 Å². The van der Waals surface area contributed by atoms with Gasteiger partial charge in [-0.1, -0.05) is 6.92 Å². The SMILES string of the molecule is Cc1c(C(=O)NC[C@H]2CCCO2)oc2ccc3c(c12)C(=O)CC1(CCC(C)CC1)O3. The first-order valence-corrected chi connectivity index (χ1v) is 11.1. The van der Waals surface area contributed by atoms with Gasteiger partial charge in [0.1, 0.15) is 16.9 Å². The standard InChI is InChI=1S/C24H29NO5/c1-14-7-9-24(10-8-14)12-17(26)21-19(30-24)6-5-18-20(21)15(2)22(29-18)23(27)25-13-16-4-3-11-28-16/h5-6,14,16H,3-4,7-13H2,1-2H3,(H,25,27)/t14?,16-,24?/m1/s1. The predicted molar refractivity (Wildman–Crippen MR) is 112 cm³/mol. The van der Waals surface area contributed by atoms with Gasteiger partial charge < -0.3 is 19.2 Å². The van der Waals surface area contributed by atoms with Crippen LogP contribution in [0.3, 0.4) is 0 Å². The van der Waals surface area contributed by atoms with E-state index in [0.717, 1.165) is 45.1 Å². The van der Waals surface area contributed by atoms with Crippen LogP contribution in [-0.2, 0) is 4.74 Å². The molecular formula is C24H29NO5. The fourth-order valence-electron chi connectivity index (χ4n) is 5.21. The van der Waals surface area contributed by atoms with Gasteiger partial charge in [0, 0.05) is 24.1 Å². The van der Waals surface area contributed by atoms with Gasteiger partial charge in [-0.3, -0.25) is 9.59 Å². The van der Waals surface area contributed by atoms with E-state index in [4.69, 9.17) is 13.9 Å². The Balaban J connectivity index is 1.44. The van der Waals surface area contributed by atoms with Crippen LogP contribution in [0.2, 0.25) is 0 Å². The van der Waals surface area contributed by atoms with E-state index < -0.39 is 0 Å². The van der Waals surface area contributed by atoms with Gasteiger partial charge in [0.25, 0.3) is 5.91 Å². The Morgan fingerprint density at radius 2 is 2.03 bits per heavy atom. The van der Waals surface area contributed by atoms with Gasteiger partial charge in [-0.2, -0.15) is 0 Å². The maximum absolute atomic E-state index is 13.2. The molecule has 0 bridgehead atoms. The van der Waals surface area contributed by atoms with Crippen molar-refractivity contribution in [2.45, 2.75) is 70.5 Å². The van der Waals surface area contributed by atoms with Crippen LogP contribution in [0.4, 0.5) is 0 Å². The molecule has 1 atom stereocenters. The maximum atomic E-state index is 13.2. The van der Waals surface area contributed by atoms with Gasteiger partial charge in [0.2, 0.25) is 0 Å². The number of aryl methyl sites for hydroxylation is 1. The number of hydrogen-bond donors (Lipinski definition) is 1. The first-order valence-electron chi connectivity index (χ1n) is 11.1. The molecule has 1 saturated carbocycles. The molecule has 2 aliphatic heterocycles. The number of carbonyl (C=O) groups excluding carboxylic acids is 2. The number of carbonyl (C=O) groups is 2. The minimum atomic E-state index is -0.372. The van der Waals surface area contributed by atoms with Crippen LogP contribution >= 0.6 is 0 Å². The molecule has 3 aliphatic rings. The van der Waals surface area contributed by atoms with Crippen LogP contribution < -0.4 is 10.1 Å². The van der Waals surface area contributed by atoms with Crippen molar-refractivity contribution in [1.29, 1.82) is 0 Å². The van der Waals surface area contributed by atoms with Crippen molar-refractivity contribution >= 4 is 22.7 Å². The lowest BCUT2D eigenvalue weighted by molar-refractivity contribution is 0.00430. The highest BCUT2D eigenvalue weighted by Crippen LogP contribution is 2.46. The van der Waals surface area contributed by atoms with Crippen LogP contribution in [0.15, 0.2) is 16.5 Å². The summed E-state index contributed by atoms with van der Waals surface area (Å²) in [5.74, 6) is 1.39. The lowest BCUT2D eigenvalue weighted by atomic mass is 9.74. The van der Waals surface area contributed by atoms with Crippen molar-refractivity contribution in [3.8, 4) is 5.75 Å². The number of hydrogen-bond acceptors (Lipinski definition) is 5. The predicted octanol–water partition coefficient (Wildman–Crippen LogP) is 4.56. The number of Topliss-reactive ketones (excluding diaryl/α,β-unsaturated/α-hetero) is 1. The van der Waals surface area contributed by atoms with Gasteiger partial charge >= 0.3 is 0 Å². The van der Waals surface area contributed by atoms with Crippen LogP contribution in [0.25, 0.3) is 11.0 Å². The maximum Gasteiger partial charge on any atom is 0.287 e.